The lowest BCUT2D eigenvalue weighted by Crippen LogP contribution is -2.40. The number of hydrogen-bond acceptors (Lipinski definition) is 29. The second-order valence-electron chi connectivity index (χ2n) is 26.9. The summed E-state index contributed by atoms with van der Waals surface area (Å²) in [5, 5.41) is 79.1. The Morgan fingerprint density at radius 3 is 1.21 bits per heavy atom. The summed E-state index contributed by atoms with van der Waals surface area (Å²) in [7, 11) is 6.22. The Morgan fingerprint density at radius 1 is 0.534 bits per heavy atom. The van der Waals surface area contributed by atoms with E-state index in [1.807, 2.05) is 27.8 Å². The zero-order valence-corrected chi connectivity index (χ0v) is 71.5. The van der Waals surface area contributed by atoms with Gasteiger partial charge >= 0.3 is 49.9 Å². The fraction of sp³-hybridized carbons (Fsp3) is 0.646. The molecule has 6 rings (SSSR count). The highest BCUT2D eigenvalue weighted by Crippen LogP contribution is 2.35. The summed E-state index contributed by atoms with van der Waals surface area (Å²) in [6.45, 7) is 11.2. The van der Waals surface area contributed by atoms with Crippen molar-refractivity contribution in [3.63, 3.8) is 0 Å². The van der Waals surface area contributed by atoms with E-state index in [4.69, 9.17) is 144 Å². The first-order chi connectivity index (χ1) is 53.5. The number of aryl methyl sites for hydroxylation is 2. The van der Waals surface area contributed by atoms with Crippen LogP contribution in [0.1, 0.15) is 91.7 Å². The van der Waals surface area contributed by atoms with Crippen molar-refractivity contribution in [3.8, 4) is 11.3 Å². The van der Waals surface area contributed by atoms with E-state index in [-0.39, 0.29) is 99.6 Å². The molecule has 1 saturated heterocycles. The van der Waals surface area contributed by atoms with Gasteiger partial charge in [-0.05, 0) is 152 Å². The number of nitrogens with zero attached hydrogens (tertiary/aromatic N) is 13. The number of aliphatic hydroxyl groups excluding tert-OH is 4. The highest BCUT2D eigenvalue weighted by Gasteiger charge is 2.49. The number of aliphatic hydroxyl groups is 4. The number of benzene rings is 2. The first-order valence-corrected chi connectivity index (χ1v) is 37.0. The molecular weight excluding hydrogens is 1790 g/mol. The number of likely N-dealkylation sites (N-methyl/N-ethyl adjacent to an activating group) is 4. The van der Waals surface area contributed by atoms with E-state index in [2.05, 4.69) is 55.6 Å². The van der Waals surface area contributed by atoms with Crippen molar-refractivity contribution in [3.05, 3.63) is 83.7 Å². The predicted molar refractivity (Wildman–Crippen MR) is 421 cm³/mol. The number of aromatic nitrogens is 9. The average Bonchev–Trinajstić information content (AvgIpc) is 0.891. The SMILES string of the molecule is CN(CCCC(=O)OC(C)(C)C)C[C@@H](O)C(F)(F)F.CN(CCCc1nnc(-c2cccc(Cl)c2Cl)c(N)n1)C[C@@H](O)C(F)(F)F.CN(CCCc1nnc(Cl)c(N)n1)C[C@@H](O)C(F)(F)F.CN(CCN)C[C@@H](O)C(F)(F)F.CNCCCC(=O)OC(C)(C)C.Cl.FC(F)(F)[C@H]1CO1.Nc1nc(Cl)nnc1Cl.OB(O)c1cccc(Cl)c1Cl. The number of alkyl halides is 15. The molecule has 0 aliphatic carbocycles. The Hall–Kier alpha value is -5.38. The summed E-state index contributed by atoms with van der Waals surface area (Å²) < 4.78 is 192. The van der Waals surface area contributed by atoms with Crippen LogP contribution in [0.4, 0.5) is 83.3 Å². The number of nitrogens with one attached hydrogen (secondary N) is 1. The number of esters is 2. The zero-order chi connectivity index (χ0) is 91.0. The van der Waals surface area contributed by atoms with Crippen LogP contribution in [0.3, 0.4) is 0 Å². The van der Waals surface area contributed by atoms with Crippen LogP contribution in [-0.4, -0.2) is 295 Å². The number of nitrogen functional groups attached to an aromatic ring is 3. The molecule has 3 aromatic heterocycles. The van der Waals surface area contributed by atoms with Crippen molar-refractivity contribution >= 4 is 136 Å². The lowest BCUT2D eigenvalue weighted by Gasteiger charge is -2.22. The minimum Gasteiger partial charge on any atom is -0.460 e. The van der Waals surface area contributed by atoms with Crippen molar-refractivity contribution in [2.24, 2.45) is 5.73 Å². The maximum atomic E-state index is 12.3. The molecule has 4 heterocycles. The summed E-state index contributed by atoms with van der Waals surface area (Å²) in [5.74, 6) is 0.532. The topological polar surface area (TPSA) is 432 Å². The average molecular weight is 1890 g/mol. The van der Waals surface area contributed by atoms with Gasteiger partial charge in [-0.2, -0.15) is 70.8 Å². The van der Waals surface area contributed by atoms with Crippen LogP contribution < -0.4 is 33.7 Å². The predicted octanol–water partition coefficient (Wildman–Crippen LogP) is 10.0. The second kappa shape index (κ2) is 56.4. The molecule has 15 N–H and O–H groups in total. The minimum absolute atomic E-state index is 0. The van der Waals surface area contributed by atoms with E-state index in [0.717, 1.165) is 13.0 Å². The molecule has 0 bridgehead atoms. The summed E-state index contributed by atoms with van der Waals surface area (Å²) in [6, 6.07) is 9.70. The quantitative estimate of drug-likeness (QED) is 0.00729. The molecule has 53 heteroatoms. The van der Waals surface area contributed by atoms with Crippen LogP contribution >= 0.6 is 93.6 Å². The Bertz CT molecular complexity index is 3680. The first kappa shape index (κ1) is 117. The fourth-order valence-corrected chi connectivity index (χ4v) is 9.05. The number of carbonyl (C=O) groups excluding carboxylic acids is 2. The number of ether oxygens (including phenoxy) is 3. The molecule has 5 aromatic rings. The molecule has 118 heavy (non-hydrogen) atoms. The first-order valence-electron chi connectivity index (χ1n) is 34.4. The summed E-state index contributed by atoms with van der Waals surface area (Å²) in [4.78, 5) is 39.4. The third-order valence-electron chi connectivity index (χ3n) is 13.7. The van der Waals surface area contributed by atoms with Crippen LogP contribution in [0.15, 0.2) is 36.4 Å². The van der Waals surface area contributed by atoms with Crippen molar-refractivity contribution in [2.45, 2.75) is 166 Å². The smallest absolute Gasteiger partial charge is 0.460 e. The van der Waals surface area contributed by atoms with E-state index >= 15 is 0 Å². The van der Waals surface area contributed by atoms with Gasteiger partial charge in [0, 0.05) is 76.0 Å². The van der Waals surface area contributed by atoms with Gasteiger partial charge in [0.1, 0.15) is 16.9 Å². The molecule has 5 atom stereocenters. The minimum atomic E-state index is -4.63. The maximum absolute atomic E-state index is 12.3. The molecule has 0 unspecified atom stereocenters. The van der Waals surface area contributed by atoms with Gasteiger partial charge in [-0.25, -0.2) is 9.97 Å². The fourth-order valence-electron chi connectivity index (χ4n) is 7.97. The molecule has 678 valence electrons. The normalized spacial score (nSPS) is 13.8. The van der Waals surface area contributed by atoms with Gasteiger partial charge in [0.25, 0.3) is 0 Å². The number of halogens is 23. The molecule has 2 aromatic carbocycles. The van der Waals surface area contributed by atoms with Gasteiger partial charge in [0.15, 0.2) is 69.9 Å². The van der Waals surface area contributed by atoms with Crippen molar-refractivity contribution in [1.82, 2.24) is 70.5 Å². The summed E-state index contributed by atoms with van der Waals surface area (Å²) >= 11 is 39.6. The second-order valence-corrected chi connectivity index (χ2v) is 29.5. The maximum Gasteiger partial charge on any atom is 0.490 e. The van der Waals surface area contributed by atoms with Gasteiger partial charge < -0.3 is 92.5 Å². The highest BCUT2D eigenvalue weighted by molar-refractivity contribution is 6.64. The van der Waals surface area contributed by atoms with Crippen molar-refractivity contribution in [2.75, 3.05) is 124 Å². The van der Waals surface area contributed by atoms with Crippen molar-refractivity contribution < 1.29 is 120 Å². The third-order valence-corrected chi connectivity index (χ3v) is 16.0. The van der Waals surface area contributed by atoms with E-state index < -0.39 is 100 Å². The Kier molecular flexibility index (Phi) is 55.8. The van der Waals surface area contributed by atoms with Gasteiger partial charge in [-0.1, -0.05) is 93.9 Å². The number of anilines is 3. The summed E-state index contributed by atoms with van der Waals surface area (Å²) in [5.41, 5.74) is 21.8. The van der Waals surface area contributed by atoms with Crippen LogP contribution in [0.2, 0.25) is 35.7 Å². The van der Waals surface area contributed by atoms with Crippen LogP contribution in [0.5, 0.6) is 0 Å². The lowest BCUT2D eigenvalue weighted by atomic mass is 9.80. The van der Waals surface area contributed by atoms with E-state index in [9.17, 15) is 75.4 Å². The van der Waals surface area contributed by atoms with Gasteiger partial charge in [-0.15, -0.1) is 43.0 Å². The molecule has 1 aliphatic heterocycles. The number of epoxide rings is 1. The third kappa shape index (κ3) is 55.6. The van der Waals surface area contributed by atoms with E-state index in [1.165, 1.54) is 53.9 Å². The molecule has 1 fully saturated rings. The number of carbonyl (C=O) groups is 2. The number of hydrogen-bond donors (Lipinski definition) is 11. The molecule has 1 aliphatic rings. The zero-order valence-electron chi connectivity index (χ0n) is 65.4. The molecular formula is C65H98BCl8F15N18O11. The molecule has 0 saturated carbocycles. The number of nitrogens with two attached hydrogens (primary N) is 4. The lowest BCUT2D eigenvalue weighted by molar-refractivity contribution is -0.207. The van der Waals surface area contributed by atoms with Gasteiger partial charge in [0.2, 0.25) is 5.28 Å². The summed E-state index contributed by atoms with van der Waals surface area (Å²) in [6.07, 6.45) is -29.7. The number of rotatable bonds is 28. The standard InChI is InChI=1S/C16H18Cl2F3N5O.C12H22F3NO3.C10H15ClF3N5O.C9H19NO2.C6H5BCl2O2.C6H13F3N2O.C3H2Cl2N4.C3H3F3O.ClH/c1-26(8-11(27)16(19,20)21)7-3-6-12-23-15(22)14(25-24-12)9-4-2-5-10(17)13(9)18;1-11(2,3)19-10(18)6-5-7-16(4)8-9(17)12(13,14)15;1-19(5-6(20)10(12,13)14)4-2-3-7-16-9(15)8(11)18-17-7;1-9(2,3)12-8(11)6-5-7-10-4;8-5-3-1-2-4(6(5)9)7(10)11;1-11(3-2-10)4-5(12)6(7,8)9;4-1-2(6)7-3(5)9-8-1;4-3(5,6)2-1-7-2;/h2,4-5,11,27H,3,6-8H2,1H3,(H2,22,23,24);9,17H,5-8H2,1-4H3;6,20H,2-5H2,1H3,(H2,15,16,17);10H,5-7H2,1-4H3;1-3,10-11H;5,12H,2-4,10H2,1H3;(H2,6,7,9);2H,1H2;1H/t11-;9-;6-;;;5-;;2-;/m111..1.1./s1. The Morgan fingerprint density at radius 2 is 0.890 bits per heavy atom. The van der Waals surface area contributed by atoms with E-state index in [1.54, 1.807) is 51.1 Å². The Balaban J connectivity index is -0.00000132. The van der Waals surface area contributed by atoms with Gasteiger partial charge in [0.05, 0.1) is 26.7 Å². The molecule has 0 amide bonds. The van der Waals surface area contributed by atoms with Crippen LogP contribution in [-0.2, 0) is 36.6 Å². The van der Waals surface area contributed by atoms with Crippen LogP contribution in [0.25, 0.3) is 11.3 Å². The van der Waals surface area contributed by atoms with Gasteiger partial charge in [-0.3, -0.25) is 9.59 Å². The van der Waals surface area contributed by atoms with Crippen LogP contribution in [0, 0.1) is 0 Å². The largest absolute Gasteiger partial charge is 0.490 e. The highest BCUT2D eigenvalue weighted by atomic mass is 35.5. The molecule has 0 radical (unpaired) electrons. The Labute approximate surface area is 713 Å². The van der Waals surface area contributed by atoms with E-state index in [0.29, 0.717) is 96.1 Å². The van der Waals surface area contributed by atoms with Crippen molar-refractivity contribution in [1.29, 1.82) is 0 Å². The molecule has 0 spiro atoms. The monoisotopic (exact) mass is 1880 g/mol. The molecule has 29 nitrogen and oxygen atoms in total.